The molecule has 0 atom stereocenters. The number of hydrogen-bond acceptors (Lipinski definition) is 3. The molecule has 0 unspecified atom stereocenters. The van der Waals surface area contributed by atoms with Crippen molar-refractivity contribution in [3.05, 3.63) is 36.0 Å². The highest BCUT2D eigenvalue weighted by Crippen LogP contribution is 2.28. The largest absolute Gasteiger partial charge is 0.493 e. The molecule has 0 aliphatic heterocycles. The first-order valence-corrected chi connectivity index (χ1v) is 6.43. The van der Waals surface area contributed by atoms with E-state index in [9.17, 15) is 4.79 Å². The van der Waals surface area contributed by atoms with E-state index in [2.05, 4.69) is 18.9 Å². The summed E-state index contributed by atoms with van der Waals surface area (Å²) >= 11 is 0. The van der Waals surface area contributed by atoms with E-state index in [4.69, 9.17) is 4.74 Å². The second kappa shape index (κ2) is 5.69. The molecular weight excluding hydrogens is 240 g/mol. The van der Waals surface area contributed by atoms with Gasteiger partial charge in [0.25, 0.3) is 0 Å². The number of nitrogens with zero attached hydrogens (tertiary/aromatic N) is 2. The molecule has 1 aromatic carbocycles. The first kappa shape index (κ1) is 13.3. The van der Waals surface area contributed by atoms with Gasteiger partial charge in [0, 0.05) is 17.8 Å². The second-order valence-corrected chi connectivity index (χ2v) is 4.56. The Hall–Kier alpha value is -2.10. The number of carbonyl (C=O) groups is 1. The Labute approximate surface area is 113 Å². The lowest BCUT2D eigenvalue weighted by Gasteiger charge is -2.13. The maximum absolute atomic E-state index is 11.0. The lowest BCUT2D eigenvalue weighted by atomic mass is 10.1. The Balaban J connectivity index is 2.48. The summed E-state index contributed by atoms with van der Waals surface area (Å²) in [6.07, 6.45) is 2.60. The molecule has 0 aliphatic carbocycles. The normalized spacial score (nSPS) is 10.7. The molecule has 0 radical (unpaired) electrons. The minimum absolute atomic E-state index is 0.284. The molecule has 0 bridgehead atoms. The molecule has 100 valence electrons. The summed E-state index contributed by atoms with van der Waals surface area (Å²) in [5.41, 5.74) is 2.59. The summed E-state index contributed by atoms with van der Waals surface area (Å²) in [5, 5.41) is 4.32. The van der Waals surface area contributed by atoms with Gasteiger partial charge in [0.15, 0.2) is 6.29 Å². The van der Waals surface area contributed by atoms with Gasteiger partial charge in [-0.2, -0.15) is 5.10 Å². The topological polar surface area (TPSA) is 44.1 Å². The van der Waals surface area contributed by atoms with Crippen LogP contribution in [0.4, 0.5) is 0 Å². The molecule has 1 aromatic heterocycles. The minimum Gasteiger partial charge on any atom is -0.493 e. The summed E-state index contributed by atoms with van der Waals surface area (Å²) in [4.78, 5) is 11.0. The van der Waals surface area contributed by atoms with Gasteiger partial charge in [0.05, 0.1) is 17.9 Å². The highest BCUT2D eigenvalue weighted by atomic mass is 16.5. The monoisotopic (exact) mass is 258 g/mol. The van der Waals surface area contributed by atoms with Crippen LogP contribution in [0.25, 0.3) is 11.3 Å². The molecule has 2 rings (SSSR count). The third kappa shape index (κ3) is 2.67. The van der Waals surface area contributed by atoms with Crippen molar-refractivity contribution in [3.8, 4) is 17.0 Å². The number of aromatic nitrogens is 2. The van der Waals surface area contributed by atoms with Gasteiger partial charge in [-0.3, -0.25) is 9.48 Å². The van der Waals surface area contributed by atoms with E-state index >= 15 is 0 Å². The fourth-order valence-corrected chi connectivity index (χ4v) is 2.03. The first-order valence-electron chi connectivity index (χ1n) is 6.43. The smallest absolute Gasteiger partial charge is 0.153 e. The average Bonchev–Trinajstić information content (AvgIpc) is 2.88. The molecule has 4 nitrogen and oxygen atoms in total. The van der Waals surface area contributed by atoms with E-state index in [-0.39, 0.29) is 6.04 Å². The summed E-state index contributed by atoms with van der Waals surface area (Å²) in [5.74, 6) is 0.617. The van der Waals surface area contributed by atoms with Crippen molar-refractivity contribution < 1.29 is 9.53 Å². The zero-order valence-electron chi connectivity index (χ0n) is 11.5. The van der Waals surface area contributed by atoms with E-state index in [0.29, 0.717) is 17.9 Å². The van der Waals surface area contributed by atoms with Gasteiger partial charge in [-0.1, -0.05) is 6.07 Å². The van der Waals surface area contributed by atoms with Gasteiger partial charge in [-0.15, -0.1) is 0 Å². The Morgan fingerprint density at radius 3 is 2.79 bits per heavy atom. The maximum atomic E-state index is 11.0. The SMILES string of the molecule is CCOc1cc(-c2ccnn2C(C)C)ccc1C=O. The molecule has 1 heterocycles. The quantitative estimate of drug-likeness (QED) is 0.772. The van der Waals surface area contributed by atoms with Crippen LogP contribution >= 0.6 is 0 Å². The van der Waals surface area contributed by atoms with E-state index < -0.39 is 0 Å². The van der Waals surface area contributed by atoms with Crippen molar-refractivity contribution in [1.29, 1.82) is 0 Å². The number of hydrogen-bond donors (Lipinski definition) is 0. The van der Waals surface area contributed by atoms with Gasteiger partial charge in [0.2, 0.25) is 0 Å². The molecule has 4 heteroatoms. The maximum Gasteiger partial charge on any atom is 0.153 e. The van der Waals surface area contributed by atoms with Crippen molar-refractivity contribution in [2.45, 2.75) is 26.8 Å². The lowest BCUT2D eigenvalue weighted by molar-refractivity contribution is 0.112. The van der Waals surface area contributed by atoms with Crippen LogP contribution in [0.15, 0.2) is 30.5 Å². The van der Waals surface area contributed by atoms with E-state index in [1.54, 1.807) is 12.3 Å². The molecule has 0 amide bonds. The lowest BCUT2D eigenvalue weighted by Crippen LogP contribution is -2.05. The van der Waals surface area contributed by atoms with Crippen LogP contribution in [-0.4, -0.2) is 22.7 Å². The van der Waals surface area contributed by atoms with Crippen molar-refractivity contribution in [2.75, 3.05) is 6.61 Å². The predicted molar refractivity (Wildman–Crippen MR) is 74.6 cm³/mol. The van der Waals surface area contributed by atoms with Crippen LogP contribution in [0.3, 0.4) is 0 Å². The molecule has 0 spiro atoms. The summed E-state index contributed by atoms with van der Waals surface area (Å²) in [6.45, 7) is 6.60. The van der Waals surface area contributed by atoms with Crippen molar-refractivity contribution >= 4 is 6.29 Å². The Morgan fingerprint density at radius 1 is 1.37 bits per heavy atom. The Bertz CT molecular complexity index is 573. The number of benzene rings is 1. The fraction of sp³-hybridized carbons (Fsp3) is 0.333. The van der Waals surface area contributed by atoms with Crippen LogP contribution in [0.1, 0.15) is 37.2 Å². The standard InChI is InChI=1S/C15H18N2O2/c1-4-19-15-9-12(5-6-13(15)10-18)14-7-8-16-17(14)11(2)3/h5-11H,4H2,1-3H3. The van der Waals surface area contributed by atoms with Gasteiger partial charge in [-0.25, -0.2) is 0 Å². The van der Waals surface area contributed by atoms with Crippen LogP contribution in [0.2, 0.25) is 0 Å². The van der Waals surface area contributed by atoms with Crippen LogP contribution in [0.5, 0.6) is 5.75 Å². The molecule has 19 heavy (non-hydrogen) atoms. The third-order valence-electron chi connectivity index (χ3n) is 2.90. The fourth-order valence-electron chi connectivity index (χ4n) is 2.03. The highest BCUT2D eigenvalue weighted by molar-refractivity contribution is 5.81. The number of ether oxygens (including phenoxy) is 1. The van der Waals surface area contributed by atoms with Gasteiger partial charge in [-0.05, 0) is 39.0 Å². The molecule has 0 fully saturated rings. The Kier molecular flexibility index (Phi) is 4.00. The Morgan fingerprint density at radius 2 is 2.16 bits per heavy atom. The van der Waals surface area contributed by atoms with Crippen LogP contribution < -0.4 is 4.74 Å². The molecule has 0 aliphatic rings. The number of rotatable bonds is 5. The third-order valence-corrected chi connectivity index (χ3v) is 2.90. The van der Waals surface area contributed by atoms with Crippen molar-refractivity contribution in [1.82, 2.24) is 9.78 Å². The van der Waals surface area contributed by atoms with E-state index in [1.165, 1.54) is 0 Å². The highest BCUT2D eigenvalue weighted by Gasteiger charge is 2.11. The minimum atomic E-state index is 0.284. The molecule has 0 saturated carbocycles. The first-order chi connectivity index (χ1) is 9.17. The van der Waals surface area contributed by atoms with Gasteiger partial charge < -0.3 is 4.74 Å². The van der Waals surface area contributed by atoms with Crippen molar-refractivity contribution in [2.24, 2.45) is 0 Å². The van der Waals surface area contributed by atoms with Gasteiger partial charge >= 0.3 is 0 Å². The molecule has 0 saturated heterocycles. The second-order valence-electron chi connectivity index (χ2n) is 4.56. The van der Waals surface area contributed by atoms with Crippen LogP contribution in [-0.2, 0) is 0 Å². The summed E-state index contributed by atoms with van der Waals surface area (Å²) in [6, 6.07) is 7.84. The zero-order chi connectivity index (χ0) is 13.8. The summed E-state index contributed by atoms with van der Waals surface area (Å²) in [7, 11) is 0. The van der Waals surface area contributed by atoms with E-state index in [1.807, 2.05) is 29.8 Å². The number of aldehydes is 1. The van der Waals surface area contributed by atoms with Crippen molar-refractivity contribution in [3.63, 3.8) is 0 Å². The van der Waals surface area contributed by atoms with Crippen LogP contribution in [0, 0.1) is 0 Å². The number of carbonyl (C=O) groups excluding carboxylic acids is 1. The molecule has 2 aromatic rings. The van der Waals surface area contributed by atoms with Gasteiger partial charge in [0.1, 0.15) is 5.75 Å². The average molecular weight is 258 g/mol. The zero-order valence-corrected chi connectivity index (χ0v) is 11.5. The predicted octanol–water partition coefficient (Wildman–Crippen LogP) is 3.34. The summed E-state index contributed by atoms with van der Waals surface area (Å²) < 4.78 is 7.46. The van der Waals surface area contributed by atoms with E-state index in [0.717, 1.165) is 17.5 Å². The molecule has 0 N–H and O–H groups in total. The molecular formula is C15H18N2O2.